The summed E-state index contributed by atoms with van der Waals surface area (Å²) in [5, 5.41) is 8.47. The minimum Gasteiger partial charge on any atom is -0.439 e. The van der Waals surface area contributed by atoms with E-state index in [0.717, 1.165) is 11.9 Å². The molecule has 0 aliphatic rings. The third-order valence-corrected chi connectivity index (χ3v) is 5.65. The van der Waals surface area contributed by atoms with Crippen molar-refractivity contribution in [2.75, 3.05) is 22.2 Å². The summed E-state index contributed by atoms with van der Waals surface area (Å²) in [6.45, 7) is 0. The lowest BCUT2D eigenvalue weighted by Crippen LogP contribution is -2.19. The molecule has 3 N–H and O–H groups in total. The molecule has 2 amide bonds. The second-order valence-corrected chi connectivity index (χ2v) is 9.25. The number of anilines is 4. The summed E-state index contributed by atoms with van der Waals surface area (Å²) in [6.07, 6.45) is 2.51. The van der Waals surface area contributed by atoms with Crippen LogP contribution in [0.2, 0.25) is 0 Å². The Balaban J connectivity index is 1.35. The molecule has 0 spiro atoms. The van der Waals surface area contributed by atoms with Gasteiger partial charge in [-0.25, -0.2) is 23.2 Å². The van der Waals surface area contributed by atoms with Crippen molar-refractivity contribution in [3.63, 3.8) is 0 Å². The molecule has 1 aromatic heterocycles. The van der Waals surface area contributed by atoms with Gasteiger partial charge in [-0.15, -0.1) is 0 Å². The average Bonchev–Trinajstić information content (AvgIpc) is 2.81. The molecule has 0 atom stereocenters. The maximum Gasteiger partial charge on any atom is 0.323 e. The number of urea groups is 1. The van der Waals surface area contributed by atoms with Crippen LogP contribution >= 0.6 is 0 Å². The Morgan fingerprint density at radius 3 is 2.24 bits per heavy atom. The largest absolute Gasteiger partial charge is 0.439 e. The molecule has 0 saturated heterocycles. The number of nitrogens with zero attached hydrogens (tertiary/aromatic N) is 2. The van der Waals surface area contributed by atoms with Gasteiger partial charge in [-0.2, -0.15) is 0 Å². The van der Waals surface area contributed by atoms with E-state index >= 15 is 0 Å². The third-order valence-electron chi connectivity index (χ3n) is 4.54. The lowest BCUT2D eigenvalue weighted by atomic mass is 10.3. The number of hydrogen-bond donors (Lipinski definition) is 3. The van der Waals surface area contributed by atoms with Gasteiger partial charge in [0.1, 0.15) is 17.9 Å². The maximum absolute atomic E-state index is 12.3. The van der Waals surface area contributed by atoms with Crippen LogP contribution in [0.4, 0.5) is 27.7 Å². The van der Waals surface area contributed by atoms with Crippen LogP contribution in [0.15, 0.2) is 96.2 Å². The van der Waals surface area contributed by atoms with E-state index in [9.17, 15) is 13.2 Å². The summed E-state index contributed by atoms with van der Waals surface area (Å²) < 4.78 is 29.1. The number of benzene rings is 3. The SMILES string of the molecule is CS(=O)(=O)c1cccc(NC(=O)Nc2ccc(Oc3cc(Nc4ccccc4)ncn3)cc2)c1. The standard InChI is InChI=1S/C24H21N5O4S/c1-34(31,32)21-9-5-8-19(14-21)29-24(30)28-18-10-12-20(13-11-18)33-23-15-22(25-16-26-23)27-17-6-3-2-4-7-17/h2-16H,1H3,(H,25,26,27)(H2,28,29,30). The topological polar surface area (TPSA) is 122 Å². The molecule has 0 aliphatic carbocycles. The van der Waals surface area contributed by atoms with Gasteiger partial charge >= 0.3 is 6.03 Å². The molecule has 0 bridgehead atoms. The van der Waals surface area contributed by atoms with Crippen LogP contribution in [0.3, 0.4) is 0 Å². The molecule has 4 rings (SSSR count). The van der Waals surface area contributed by atoms with Gasteiger partial charge in [0.15, 0.2) is 9.84 Å². The second kappa shape index (κ2) is 10.0. The Kier molecular flexibility index (Phi) is 6.69. The molecule has 1 heterocycles. The first-order chi connectivity index (χ1) is 16.3. The first-order valence-electron chi connectivity index (χ1n) is 10.2. The molecule has 0 radical (unpaired) electrons. The summed E-state index contributed by atoms with van der Waals surface area (Å²) >= 11 is 0. The third kappa shape index (κ3) is 6.30. The summed E-state index contributed by atoms with van der Waals surface area (Å²) in [6, 6.07) is 23.5. The number of hydrogen-bond acceptors (Lipinski definition) is 7. The molecule has 0 unspecified atom stereocenters. The highest BCUT2D eigenvalue weighted by Gasteiger charge is 2.09. The zero-order valence-electron chi connectivity index (χ0n) is 18.1. The van der Waals surface area contributed by atoms with E-state index in [2.05, 4.69) is 25.9 Å². The monoisotopic (exact) mass is 475 g/mol. The van der Waals surface area contributed by atoms with Gasteiger partial charge in [-0.1, -0.05) is 24.3 Å². The number of aromatic nitrogens is 2. The Hall–Kier alpha value is -4.44. The first kappa shape index (κ1) is 22.7. The minimum atomic E-state index is -3.37. The molecule has 172 valence electrons. The molecule has 0 fully saturated rings. The van der Waals surface area contributed by atoms with Crippen LogP contribution in [0.5, 0.6) is 11.6 Å². The summed E-state index contributed by atoms with van der Waals surface area (Å²) in [5.74, 6) is 1.47. The summed E-state index contributed by atoms with van der Waals surface area (Å²) in [4.78, 5) is 20.7. The number of sulfone groups is 1. The quantitative estimate of drug-likeness (QED) is 0.341. The zero-order chi connectivity index (χ0) is 24.0. The van der Waals surface area contributed by atoms with Crippen LogP contribution in [0.25, 0.3) is 0 Å². The van der Waals surface area contributed by atoms with Crippen molar-refractivity contribution >= 4 is 38.7 Å². The molecule has 0 aliphatic heterocycles. The highest BCUT2D eigenvalue weighted by molar-refractivity contribution is 7.90. The summed E-state index contributed by atoms with van der Waals surface area (Å²) in [5.41, 5.74) is 1.78. The molecule has 34 heavy (non-hydrogen) atoms. The Labute approximate surface area is 196 Å². The molecule has 3 aromatic carbocycles. The normalized spacial score (nSPS) is 10.9. The van der Waals surface area contributed by atoms with Crippen molar-refractivity contribution in [3.8, 4) is 11.6 Å². The number of carbonyl (C=O) groups is 1. The van der Waals surface area contributed by atoms with Gasteiger partial charge in [0.2, 0.25) is 5.88 Å². The van der Waals surface area contributed by atoms with Crippen molar-refractivity contribution in [1.29, 1.82) is 0 Å². The van der Waals surface area contributed by atoms with Gasteiger partial charge < -0.3 is 20.7 Å². The van der Waals surface area contributed by atoms with Gasteiger partial charge in [0.05, 0.1) is 4.90 Å². The fourth-order valence-electron chi connectivity index (χ4n) is 2.96. The molecular weight excluding hydrogens is 454 g/mol. The van der Waals surface area contributed by atoms with Crippen molar-refractivity contribution in [2.45, 2.75) is 4.90 Å². The van der Waals surface area contributed by atoms with E-state index in [1.807, 2.05) is 30.3 Å². The number of nitrogens with one attached hydrogen (secondary N) is 3. The number of ether oxygens (including phenoxy) is 1. The van der Waals surface area contributed by atoms with Crippen LogP contribution in [0, 0.1) is 0 Å². The van der Waals surface area contributed by atoms with Crippen LogP contribution < -0.4 is 20.7 Å². The van der Waals surface area contributed by atoms with Gasteiger partial charge in [-0.05, 0) is 54.6 Å². The van der Waals surface area contributed by atoms with Gasteiger partial charge in [0, 0.05) is 29.4 Å². The van der Waals surface area contributed by atoms with E-state index < -0.39 is 15.9 Å². The number of para-hydroxylation sites is 1. The summed E-state index contributed by atoms with van der Waals surface area (Å²) in [7, 11) is -3.37. The molecule has 4 aromatic rings. The Morgan fingerprint density at radius 2 is 1.50 bits per heavy atom. The van der Waals surface area contributed by atoms with Crippen LogP contribution in [-0.2, 0) is 9.84 Å². The lowest BCUT2D eigenvalue weighted by Gasteiger charge is -2.10. The van der Waals surface area contributed by atoms with Gasteiger partial charge in [0.25, 0.3) is 0 Å². The average molecular weight is 476 g/mol. The van der Waals surface area contributed by atoms with E-state index in [0.29, 0.717) is 28.8 Å². The lowest BCUT2D eigenvalue weighted by molar-refractivity contribution is 0.262. The van der Waals surface area contributed by atoms with Crippen molar-refractivity contribution in [2.24, 2.45) is 0 Å². The number of carbonyl (C=O) groups excluding carboxylic acids is 1. The van der Waals surface area contributed by atoms with Crippen LogP contribution in [-0.4, -0.2) is 30.7 Å². The molecule has 10 heteroatoms. The predicted octanol–water partition coefficient (Wildman–Crippen LogP) is 5.06. The second-order valence-electron chi connectivity index (χ2n) is 7.24. The van der Waals surface area contributed by atoms with E-state index in [-0.39, 0.29) is 4.90 Å². The molecule has 9 nitrogen and oxygen atoms in total. The predicted molar refractivity (Wildman–Crippen MR) is 130 cm³/mol. The highest BCUT2D eigenvalue weighted by Crippen LogP contribution is 2.24. The minimum absolute atomic E-state index is 0.124. The fraction of sp³-hybridized carbons (Fsp3) is 0.0417. The number of rotatable bonds is 7. The van der Waals surface area contributed by atoms with Crippen molar-refractivity contribution in [3.05, 3.63) is 91.3 Å². The van der Waals surface area contributed by atoms with Gasteiger partial charge in [-0.3, -0.25) is 0 Å². The smallest absolute Gasteiger partial charge is 0.323 e. The van der Waals surface area contributed by atoms with E-state index in [4.69, 9.17) is 4.74 Å². The van der Waals surface area contributed by atoms with Crippen molar-refractivity contribution < 1.29 is 17.9 Å². The molecule has 0 saturated carbocycles. The fourth-order valence-corrected chi connectivity index (χ4v) is 3.62. The van der Waals surface area contributed by atoms with Crippen molar-refractivity contribution in [1.82, 2.24) is 9.97 Å². The first-order valence-corrected chi connectivity index (χ1v) is 12.0. The Bertz CT molecular complexity index is 1390. The highest BCUT2D eigenvalue weighted by atomic mass is 32.2. The maximum atomic E-state index is 12.3. The van der Waals surface area contributed by atoms with Crippen LogP contribution in [0.1, 0.15) is 0 Å². The zero-order valence-corrected chi connectivity index (χ0v) is 18.9. The Morgan fingerprint density at radius 1 is 0.794 bits per heavy atom. The van der Waals surface area contributed by atoms with E-state index in [1.54, 1.807) is 42.5 Å². The molecular formula is C24H21N5O4S. The van der Waals surface area contributed by atoms with E-state index in [1.165, 1.54) is 18.5 Å². The number of amides is 2.